The van der Waals surface area contributed by atoms with Gasteiger partial charge in [-0.2, -0.15) is 13.2 Å². The van der Waals surface area contributed by atoms with Crippen molar-refractivity contribution in [2.75, 3.05) is 48.8 Å². The number of alkyl halides is 3. The molecule has 4 aromatic rings. The summed E-state index contributed by atoms with van der Waals surface area (Å²) in [6.07, 6.45) is -3.34. The van der Waals surface area contributed by atoms with Gasteiger partial charge < -0.3 is 25.5 Å². The molecule has 3 N–H and O–H groups in total. The van der Waals surface area contributed by atoms with Crippen LogP contribution in [0.2, 0.25) is 0 Å². The predicted molar refractivity (Wildman–Crippen MR) is 149 cm³/mol. The van der Waals surface area contributed by atoms with Gasteiger partial charge in [0, 0.05) is 55.0 Å². The number of fused-ring (bicyclic) bond motifs is 1. The van der Waals surface area contributed by atoms with Crippen molar-refractivity contribution in [3.05, 3.63) is 89.2 Å². The third-order valence-corrected chi connectivity index (χ3v) is 6.95. The highest BCUT2D eigenvalue weighted by Crippen LogP contribution is 2.38. The van der Waals surface area contributed by atoms with E-state index < -0.39 is 23.6 Å². The number of benzene rings is 3. The molecule has 0 aliphatic carbocycles. The standard InChI is InChI=1S/C29H27F3N6O3/c1-37-10-12-38(13-11-37)24-9-8-19(15-23(24)29(30,31)32)27(39)36-20-5-2-4-18(14-20)16-33-26-21-6-3-7-22(28(40)41)25(21)34-17-35-26/h2-9,14-15,17H,10-13,16H2,1H3,(H,36,39)(H,40,41)(H,33,34,35). The van der Waals surface area contributed by atoms with E-state index in [-0.39, 0.29) is 23.4 Å². The maximum atomic E-state index is 14.0. The lowest BCUT2D eigenvalue weighted by Gasteiger charge is -2.35. The number of rotatable bonds is 7. The van der Waals surface area contributed by atoms with Gasteiger partial charge in [-0.25, -0.2) is 14.8 Å². The number of nitrogens with one attached hydrogen (secondary N) is 2. The Bertz CT molecular complexity index is 1600. The van der Waals surface area contributed by atoms with Crippen LogP contribution in [0.3, 0.4) is 0 Å². The first-order chi connectivity index (χ1) is 19.6. The van der Waals surface area contributed by atoms with E-state index in [1.807, 2.05) is 7.05 Å². The van der Waals surface area contributed by atoms with Crippen molar-refractivity contribution in [1.82, 2.24) is 14.9 Å². The predicted octanol–water partition coefficient (Wildman–Crippen LogP) is 4.96. The molecule has 1 amide bonds. The molecule has 2 heterocycles. The molecule has 0 unspecified atom stereocenters. The zero-order valence-corrected chi connectivity index (χ0v) is 22.1. The number of para-hydroxylation sites is 1. The first-order valence-electron chi connectivity index (χ1n) is 12.9. The second kappa shape index (κ2) is 11.4. The largest absolute Gasteiger partial charge is 0.478 e. The molecule has 9 nitrogen and oxygen atoms in total. The molecule has 1 aliphatic heterocycles. The number of amides is 1. The molecule has 0 spiro atoms. The number of hydrogen-bond donors (Lipinski definition) is 3. The number of aromatic carboxylic acids is 1. The van der Waals surface area contributed by atoms with Gasteiger partial charge in [0.25, 0.3) is 5.91 Å². The number of carboxylic acid groups (broad SMARTS) is 1. The molecule has 1 aromatic heterocycles. The number of anilines is 3. The van der Waals surface area contributed by atoms with E-state index in [1.54, 1.807) is 41.3 Å². The molecular weight excluding hydrogens is 537 g/mol. The Hall–Kier alpha value is -4.71. The molecule has 41 heavy (non-hydrogen) atoms. The summed E-state index contributed by atoms with van der Waals surface area (Å²) >= 11 is 0. The Labute approximate surface area is 233 Å². The van der Waals surface area contributed by atoms with Gasteiger partial charge in [-0.15, -0.1) is 0 Å². The van der Waals surface area contributed by atoms with E-state index in [0.29, 0.717) is 48.6 Å². The molecule has 1 fully saturated rings. The SMILES string of the molecule is CN1CCN(c2ccc(C(=O)Nc3cccc(CNc4ncnc5c(C(=O)O)cccc45)c3)cc2C(F)(F)F)CC1. The minimum atomic E-state index is -4.61. The Morgan fingerprint density at radius 2 is 1.73 bits per heavy atom. The van der Waals surface area contributed by atoms with Crippen molar-refractivity contribution in [3.8, 4) is 0 Å². The van der Waals surface area contributed by atoms with Crippen LogP contribution in [0.5, 0.6) is 0 Å². The van der Waals surface area contributed by atoms with E-state index in [9.17, 15) is 27.9 Å². The average molecular weight is 565 g/mol. The van der Waals surface area contributed by atoms with Crippen LogP contribution in [0.4, 0.5) is 30.4 Å². The van der Waals surface area contributed by atoms with E-state index in [4.69, 9.17) is 0 Å². The minimum absolute atomic E-state index is 0.0582. The Kier molecular flexibility index (Phi) is 7.75. The molecule has 212 valence electrons. The van der Waals surface area contributed by atoms with Crippen molar-refractivity contribution in [2.45, 2.75) is 12.7 Å². The number of carbonyl (C=O) groups excluding carboxylic acids is 1. The third kappa shape index (κ3) is 6.22. The van der Waals surface area contributed by atoms with Crippen LogP contribution in [0.15, 0.2) is 67.0 Å². The zero-order valence-electron chi connectivity index (χ0n) is 22.1. The smallest absolute Gasteiger partial charge is 0.418 e. The Balaban J connectivity index is 1.31. The molecule has 0 bridgehead atoms. The van der Waals surface area contributed by atoms with Crippen molar-refractivity contribution in [2.24, 2.45) is 0 Å². The lowest BCUT2D eigenvalue weighted by molar-refractivity contribution is -0.137. The summed E-state index contributed by atoms with van der Waals surface area (Å²) in [5.41, 5.74) is 0.662. The minimum Gasteiger partial charge on any atom is -0.478 e. The highest BCUT2D eigenvalue weighted by atomic mass is 19.4. The summed E-state index contributed by atoms with van der Waals surface area (Å²) in [5.74, 6) is -1.32. The first kappa shape index (κ1) is 27.8. The maximum Gasteiger partial charge on any atom is 0.418 e. The lowest BCUT2D eigenvalue weighted by Crippen LogP contribution is -2.45. The van der Waals surface area contributed by atoms with Gasteiger partial charge >= 0.3 is 12.1 Å². The molecule has 0 saturated carbocycles. The lowest BCUT2D eigenvalue weighted by atomic mass is 10.1. The molecule has 5 rings (SSSR count). The van der Waals surface area contributed by atoms with Crippen molar-refractivity contribution < 1.29 is 27.9 Å². The fourth-order valence-corrected chi connectivity index (χ4v) is 4.78. The second-order valence-electron chi connectivity index (χ2n) is 9.76. The number of piperazine rings is 1. The molecule has 3 aromatic carbocycles. The van der Waals surface area contributed by atoms with Gasteiger partial charge in [0.1, 0.15) is 12.1 Å². The molecule has 1 aliphatic rings. The van der Waals surface area contributed by atoms with E-state index in [2.05, 4.69) is 25.5 Å². The normalized spacial score (nSPS) is 14.2. The highest BCUT2D eigenvalue weighted by molar-refractivity contribution is 6.05. The third-order valence-electron chi connectivity index (χ3n) is 6.95. The van der Waals surface area contributed by atoms with Gasteiger partial charge in [-0.3, -0.25) is 4.79 Å². The summed E-state index contributed by atoms with van der Waals surface area (Å²) in [6, 6.07) is 15.3. The summed E-state index contributed by atoms with van der Waals surface area (Å²) in [4.78, 5) is 36.6. The molecule has 1 saturated heterocycles. The fraction of sp³-hybridized carbons (Fsp3) is 0.241. The monoisotopic (exact) mass is 564 g/mol. The van der Waals surface area contributed by atoms with Gasteiger partial charge in [0.05, 0.1) is 16.6 Å². The number of carboxylic acids is 1. The molecule has 0 radical (unpaired) electrons. The topological polar surface area (TPSA) is 111 Å². The average Bonchev–Trinajstić information content (AvgIpc) is 2.95. The molecule has 12 heteroatoms. The zero-order chi connectivity index (χ0) is 29.1. The van der Waals surface area contributed by atoms with Crippen molar-refractivity contribution in [1.29, 1.82) is 0 Å². The van der Waals surface area contributed by atoms with Gasteiger partial charge in [0.15, 0.2) is 0 Å². The van der Waals surface area contributed by atoms with Crippen LogP contribution in [-0.4, -0.2) is 65.1 Å². The number of halogens is 3. The second-order valence-corrected chi connectivity index (χ2v) is 9.76. The quantitative estimate of drug-likeness (QED) is 0.289. The van der Waals surface area contributed by atoms with Gasteiger partial charge in [-0.05, 0) is 55.1 Å². The molecule has 0 atom stereocenters. The Morgan fingerprint density at radius 3 is 2.46 bits per heavy atom. The van der Waals surface area contributed by atoms with Gasteiger partial charge in [0.2, 0.25) is 0 Å². The molecular formula is C29H27F3N6O3. The van der Waals surface area contributed by atoms with Gasteiger partial charge in [-0.1, -0.05) is 18.2 Å². The first-order valence-corrected chi connectivity index (χ1v) is 12.9. The van der Waals surface area contributed by atoms with Crippen LogP contribution in [0.1, 0.15) is 31.8 Å². The number of carbonyl (C=O) groups is 2. The highest BCUT2D eigenvalue weighted by Gasteiger charge is 2.36. The van der Waals surface area contributed by atoms with Crippen LogP contribution >= 0.6 is 0 Å². The maximum absolute atomic E-state index is 14.0. The summed E-state index contributed by atoms with van der Waals surface area (Å²) < 4.78 is 41.9. The van der Waals surface area contributed by atoms with E-state index in [1.165, 1.54) is 24.5 Å². The van der Waals surface area contributed by atoms with Crippen LogP contribution in [0, 0.1) is 0 Å². The van der Waals surface area contributed by atoms with Crippen LogP contribution in [0.25, 0.3) is 10.9 Å². The number of likely N-dealkylation sites (N-methyl/N-ethyl adjacent to an activating group) is 1. The number of nitrogens with zero attached hydrogens (tertiary/aromatic N) is 4. The van der Waals surface area contributed by atoms with Crippen LogP contribution < -0.4 is 15.5 Å². The van der Waals surface area contributed by atoms with Crippen molar-refractivity contribution in [3.63, 3.8) is 0 Å². The van der Waals surface area contributed by atoms with E-state index >= 15 is 0 Å². The van der Waals surface area contributed by atoms with Crippen molar-refractivity contribution >= 4 is 40.0 Å². The summed E-state index contributed by atoms with van der Waals surface area (Å²) in [7, 11) is 1.93. The number of aromatic nitrogens is 2. The Morgan fingerprint density at radius 1 is 0.976 bits per heavy atom. The summed E-state index contributed by atoms with van der Waals surface area (Å²) in [5, 5.41) is 15.8. The van der Waals surface area contributed by atoms with E-state index in [0.717, 1.165) is 11.6 Å². The fourth-order valence-electron chi connectivity index (χ4n) is 4.78. The number of hydrogen-bond acceptors (Lipinski definition) is 7. The van der Waals surface area contributed by atoms with Crippen LogP contribution in [-0.2, 0) is 12.7 Å². The summed E-state index contributed by atoms with van der Waals surface area (Å²) in [6.45, 7) is 2.53.